The highest BCUT2D eigenvalue weighted by Gasteiger charge is 2.14. The molecule has 4 heteroatoms. The summed E-state index contributed by atoms with van der Waals surface area (Å²) in [5, 5.41) is 9.06. The molecule has 0 bridgehead atoms. The number of hydrogen-bond donors (Lipinski definition) is 2. The highest BCUT2D eigenvalue weighted by Crippen LogP contribution is 2.17. The topological polar surface area (TPSA) is 66.6 Å². The number of carbonyl (C=O) groups is 1. The lowest BCUT2D eigenvalue weighted by Crippen LogP contribution is -2.39. The number of phenols is 1. The first kappa shape index (κ1) is 10.5. The smallest absolute Gasteiger partial charge is 0.243 e. The lowest BCUT2D eigenvalue weighted by atomic mass is 10.2. The Bertz CT molecular complexity index is 319. The van der Waals surface area contributed by atoms with Crippen LogP contribution in [-0.4, -0.2) is 24.1 Å². The van der Waals surface area contributed by atoms with Crippen molar-refractivity contribution >= 4 is 11.6 Å². The van der Waals surface area contributed by atoms with E-state index < -0.39 is 6.04 Å². The Hall–Kier alpha value is -1.55. The van der Waals surface area contributed by atoms with Gasteiger partial charge in [0.05, 0.1) is 6.04 Å². The van der Waals surface area contributed by atoms with E-state index in [0.717, 1.165) is 0 Å². The molecule has 0 aliphatic rings. The van der Waals surface area contributed by atoms with Crippen LogP contribution in [0.4, 0.5) is 5.69 Å². The minimum atomic E-state index is -0.520. The summed E-state index contributed by atoms with van der Waals surface area (Å²) in [6.45, 7) is 1.64. The van der Waals surface area contributed by atoms with Gasteiger partial charge in [0.1, 0.15) is 5.75 Å². The van der Waals surface area contributed by atoms with E-state index in [1.54, 1.807) is 26.1 Å². The maximum Gasteiger partial charge on any atom is 0.243 e. The molecule has 4 nitrogen and oxygen atoms in total. The predicted molar refractivity (Wildman–Crippen MR) is 55.2 cm³/mol. The van der Waals surface area contributed by atoms with Gasteiger partial charge in [-0.25, -0.2) is 0 Å². The molecule has 1 amide bonds. The van der Waals surface area contributed by atoms with Crippen molar-refractivity contribution in [2.24, 2.45) is 5.73 Å². The van der Waals surface area contributed by atoms with Gasteiger partial charge < -0.3 is 15.7 Å². The van der Waals surface area contributed by atoms with Gasteiger partial charge in [0, 0.05) is 12.7 Å². The van der Waals surface area contributed by atoms with E-state index in [1.165, 1.54) is 17.0 Å². The Morgan fingerprint density at radius 1 is 1.43 bits per heavy atom. The van der Waals surface area contributed by atoms with Crippen LogP contribution in [0.3, 0.4) is 0 Å². The zero-order chi connectivity index (χ0) is 10.7. The fraction of sp³-hybridized carbons (Fsp3) is 0.300. The van der Waals surface area contributed by atoms with Crippen molar-refractivity contribution in [2.75, 3.05) is 11.9 Å². The van der Waals surface area contributed by atoms with Crippen molar-refractivity contribution in [3.05, 3.63) is 24.3 Å². The van der Waals surface area contributed by atoms with E-state index in [0.29, 0.717) is 5.69 Å². The normalized spacial score (nSPS) is 12.2. The van der Waals surface area contributed by atoms with Crippen LogP contribution in [0.2, 0.25) is 0 Å². The van der Waals surface area contributed by atoms with Crippen LogP contribution in [-0.2, 0) is 4.79 Å². The molecule has 1 aromatic rings. The quantitative estimate of drug-likeness (QED) is 0.728. The predicted octanol–water partition coefficient (Wildman–Crippen LogP) is 0.702. The Morgan fingerprint density at radius 3 is 2.36 bits per heavy atom. The molecule has 0 aliphatic heterocycles. The molecular formula is C10H14N2O2. The third-order valence-electron chi connectivity index (χ3n) is 1.96. The highest BCUT2D eigenvalue weighted by atomic mass is 16.3. The van der Waals surface area contributed by atoms with Crippen LogP contribution >= 0.6 is 0 Å². The summed E-state index contributed by atoms with van der Waals surface area (Å²) in [7, 11) is 1.65. The van der Waals surface area contributed by atoms with Gasteiger partial charge in [-0.15, -0.1) is 0 Å². The first-order valence-corrected chi connectivity index (χ1v) is 4.34. The Morgan fingerprint density at radius 2 is 1.93 bits per heavy atom. The van der Waals surface area contributed by atoms with Crippen molar-refractivity contribution in [1.29, 1.82) is 0 Å². The van der Waals surface area contributed by atoms with E-state index in [2.05, 4.69) is 0 Å². The maximum atomic E-state index is 11.5. The fourth-order valence-electron chi connectivity index (χ4n) is 1.11. The average molecular weight is 194 g/mol. The molecule has 14 heavy (non-hydrogen) atoms. The fourth-order valence-corrected chi connectivity index (χ4v) is 1.11. The SMILES string of the molecule is C[C@@H](N)C(=O)N(C)c1ccc(O)cc1. The van der Waals surface area contributed by atoms with Crippen molar-refractivity contribution in [2.45, 2.75) is 13.0 Å². The van der Waals surface area contributed by atoms with Gasteiger partial charge in [-0.2, -0.15) is 0 Å². The van der Waals surface area contributed by atoms with Gasteiger partial charge in [0.15, 0.2) is 0 Å². The van der Waals surface area contributed by atoms with Crippen LogP contribution in [0.15, 0.2) is 24.3 Å². The monoisotopic (exact) mass is 194 g/mol. The average Bonchev–Trinajstić information content (AvgIpc) is 2.16. The summed E-state index contributed by atoms with van der Waals surface area (Å²) in [5.74, 6) is 0.0195. The molecule has 0 saturated heterocycles. The van der Waals surface area contributed by atoms with E-state index in [9.17, 15) is 4.79 Å². The number of aromatic hydroxyl groups is 1. The molecule has 76 valence electrons. The van der Waals surface area contributed by atoms with Crippen LogP contribution in [0, 0.1) is 0 Å². The molecule has 0 heterocycles. The molecule has 0 radical (unpaired) electrons. The Balaban J connectivity index is 2.84. The van der Waals surface area contributed by atoms with E-state index in [1.807, 2.05) is 0 Å². The van der Waals surface area contributed by atoms with Gasteiger partial charge in [-0.1, -0.05) is 0 Å². The zero-order valence-electron chi connectivity index (χ0n) is 8.27. The largest absolute Gasteiger partial charge is 0.508 e. The summed E-state index contributed by atoms with van der Waals surface area (Å²) in [4.78, 5) is 12.9. The molecule has 1 rings (SSSR count). The number of phenolic OH excluding ortho intramolecular Hbond substituents is 1. The van der Waals surface area contributed by atoms with Crippen LogP contribution in [0.5, 0.6) is 5.75 Å². The standard InChI is InChI=1S/C10H14N2O2/c1-7(11)10(14)12(2)8-3-5-9(13)6-4-8/h3-7,13H,11H2,1-2H3/t7-/m1/s1. The molecule has 0 saturated carbocycles. The molecule has 0 aromatic heterocycles. The third kappa shape index (κ3) is 2.23. The zero-order valence-corrected chi connectivity index (χ0v) is 8.27. The summed E-state index contributed by atoms with van der Waals surface area (Å²) in [6.07, 6.45) is 0. The van der Waals surface area contributed by atoms with Gasteiger partial charge in [0.2, 0.25) is 5.91 Å². The number of hydrogen-bond acceptors (Lipinski definition) is 3. The van der Waals surface area contributed by atoms with Crippen molar-refractivity contribution in [3.8, 4) is 5.75 Å². The van der Waals surface area contributed by atoms with E-state index in [4.69, 9.17) is 10.8 Å². The maximum absolute atomic E-state index is 11.5. The number of carbonyl (C=O) groups excluding carboxylic acids is 1. The lowest BCUT2D eigenvalue weighted by molar-refractivity contribution is -0.119. The molecule has 0 unspecified atom stereocenters. The molecule has 1 atom stereocenters. The number of likely N-dealkylation sites (N-methyl/N-ethyl adjacent to an activating group) is 1. The van der Waals surface area contributed by atoms with Crippen LogP contribution < -0.4 is 10.6 Å². The van der Waals surface area contributed by atoms with Gasteiger partial charge in [0.25, 0.3) is 0 Å². The van der Waals surface area contributed by atoms with Crippen LogP contribution in [0.25, 0.3) is 0 Å². The number of nitrogens with two attached hydrogens (primary N) is 1. The summed E-state index contributed by atoms with van der Waals surface area (Å²) in [5.41, 5.74) is 6.18. The number of anilines is 1. The van der Waals surface area contributed by atoms with Gasteiger partial charge >= 0.3 is 0 Å². The van der Waals surface area contributed by atoms with Crippen LogP contribution in [0.1, 0.15) is 6.92 Å². The second kappa shape index (κ2) is 4.11. The Kier molecular flexibility index (Phi) is 3.09. The summed E-state index contributed by atoms with van der Waals surface area (Å²) in [6, 6.07) is 5.86. The lowest BCUT2D eigenvalue weighted by Gasteiger charge is -2.19. The molecule has 0 aliphatic carbocycles. The van der Waals surface area contributed by atoms with Gasteiger partial charge in [-0.05, 0) is 31.2 Å². The third-order valence-corrected chi connectivity index (χ3v) is 1.96. The number of amides is 1. The molecule has 0 spiro atoms. The molecule has 1 aromatic carbocycles. The van der Waals surface area contributed by atoms with Crippen molar-refractivity contribution < 1.29 is 9.90 Å². The number of rotatable bonds is 2. The van der Waals surface area contributed by atoms with Crippen molar-refractivity contribution in [1.82, 2.24) is 0 Å². The van der Waals surface area contributed by atoms with E-state index in [-0.39, 0.29) is 11.7 Å². The highest BCUT2D eigenvalue weighted by molar-refractivity contribution is 5.96. The first-order chi connectivity index (χ1) is 6.52. The minimum absolute atomic E-state index is 0.157. The summed E-state index contributed by atoms with van der Waals surface area (Å²) >= 11 is 0. The minimum Gasteiger partial charge on any atom is -0.508 e. The molecule has 3 N–H and O–H groups in total. The molecule has 0 fully saturated rings. The summed E-state index contributed by atoms with van der Waals surface area (Å²) < 4.78 is 0. The second-order valence-electron chi connectivity index (χ2n) is 3.20. The molecular weight excluding hydrogens is 180 g/mol. The Labute approximate surface area is 82.9 Å². The van der Waals surface area contributed by atoms with Gasteiger partial charge in [-0.3, -0.25) is 4.79 Å². The first-order valence-electron chi connectivity index (χ1n) is 4.34. The number of benzene rings is 1. The van der Waals surface area contributed by atoms with E-state index >= 15 is 0 Å². The second-order valence-corrected chi connectivity index (χ2v) is 3.20. The number of nitrogens with zero attached hydrogens (tertiary/aromatic N) is 1. The van der Waals surface area contributed by atoms with Crippen molar-refractivity contribution in [3.63, 3.8) is 0 Å².